The topological polar surface area (TPSA) is 40.5 Å². The maximum absolute atomic E-state index is 10.6. The first-order valence-electron chi connectivity index (χ1n) is 5.59. The standard InChI is InChI=1S/C11H21NO2/c1-3-10-5-4-6-12(8-10)9(2)7-11(13)14/h9-10H,3-8H2,1-2H3,(H,13,14). The number of likely N-dealkylation sites (tertiary alicyclic amines) is 1. The molecule has 0 aromatic rings. The highest BCUT2D eigenvalue weighted by molar-refractivity contribution is 5.67. The number of carbonyl (C=O) groups is 1. The summed E-state index contributed by atoms with van der Waals surface area (Å²) >= 11 is 0. The van der Waals surface area contributed by atoms with E-state index in [4.69, 9.17) is 5.11 Å². The first kappa shape index (κ1) is 11.5. The number of carboxylic acid groups (broad SMARTS) is 1. The second-order valence-corrected chi connectivity index (χ2v) is 4.36. The number of aliphatic carboxylic acids is 1. The van der Waals surface area contributed by atoms with Crippen LogP contribution in [0, 0.1) is 5.92 Å². The Kier molecular flexibility index (Phi) is 4.39. The Morgan fingerprint density at radius 2 is 2.36 bits per heavy atom. The zero-order valence-corrected chi connectivity index (χ0v) is 9.20. The highest BCUT2D eigenvalue weighted by atomic mass is 16.4. The Morgan fingerprint density at radius 3 is 2.93 bits per heavy atom. The van der Waals surface area contributed by atoms with Gasteiger partial charge in [0, 0.05) is 12.6 Å². The van der Waals surface area contributed by atoms with Crippen molar-refractivity contribution in [3.63, 3.8) is 0 Å². The highest BCUT2D eigenvalue weighted by Crippen LogP contribution is 2.21. The number of piperidine rings is 1. The van der Waals surface area contributed by atoms with Crippen molar-refractivity contribution in [3.8, 4) is 0 Å². The second kappa shape index (κ2) is 5.35. The van der Waals surface area contributed by atoms with E-state index in [1.165, 1.54) is 19.3 Å². The summed E-state index contributed by atoms with van der Waals surface area (Å²) in [7, 11) is 0. The van der Waals surface area contributed by atoms with Gasteiger partial charge < -0.3 is 5.11 Å². The van der Waals surface area contributed by atoms with Crippen molar-refractivity contribution in [3.05, 3.63) is 0 Å². The summed E-state index contributed by atoms with van der Waals surface area (Å²) < 4.78 is 0. The van der Waals surface area contributed by atoms with E-state index in [9.17, 15) is 4.79 Å². The van der Waals surface area contributed by atoms with Crippen LogP contribution in [0.2, 0.25) is 0 Å². The van der Waals surface area contributed by atoms with Gasteiger partial charge in [-0.25, -0.2) is 0 Å². The lowest BCUT2D eigenvalue weighted by molar-refractivity contribution is -0.138. The molecule has 1 saturated heterocycles. The largest absolute Gasteiger partial charge is 0.481 e. The molecule has 0 aromatic heterocycles. The number of hydrogen-bond donors (Lipinski definition) is 1. The van der Waals surface area contributed by atoms with E-state index in [0.717, 1.165) is 19.0 Å². The van der Waals surface area contributed by atoms with Crippen LogP contribution in [-0.2, 0) is 4.79 Å². The third kappa shape index (κ3) is 3.29. The fourth-order valence-corrected chi connectivity index (χ4v) is 2.21. The summed E-state index contributed by atoms with van der Waals surface area (Å²) in [6.45, 7) is 6.40. The molecule has 14 heavy (non-hydrogen) atoms. The number of nitrogens with zero attached hydrogens (tertiary/aromatic N) is 1. The van der Waals surface area contributed by atoms with Crippen LogP contribution >= 0.6 is 0 Å². The number of carboxylic acids is 1. The van der Waals surface area contributed by atoms with Crippen molar-refractivity contribution >= 4 is 5.97 Å². The van der Waals surface area contributed by atoms with E-state index >= 15 is 0 Å². The van der Waals surface area contributed by atoms with Crippen LogP contribution in [0.4, 0.5) is 0 Å². The molecule has 3 nitrogen and oxygen atoms in total. The van der Waals surface area contributed by atoms with Gasteiger partial charge >= 0.3 is 5.97 Å². The Morgan fingerprint density at radius 1 is 1.64 bits per heavy atom. The van der Waals surface area contributed by atoms with Crippen molar-refractivity contribution in [2.45, 2.75) is 45.6 Å². The SMILES string of the molecule is CCC1CCCN(C(C)CC(=O)O)C1. The Balaban J connectivity index is 2.38. The molecule has 1 rings (SSSR count). The van der Waals surface area contributed by atoms with E-state index in [2.05, 4.69) is 11.8 Å². The van der Waals surface area contributed by atoms with Gasteiger partial charge in [-0.15, -0.1) is 0 Å². The molecule has 0 saturated carbocycles. The molecule has 2 unspecified atom stereocenters. The average Bonchev–Trinajstić information content (AvgIpc) is 2.17. The summed E-state index contributed by atoms with van der Waals surface area (Å²) in [5.74, 6) is 0.0936. The van der Waals surface area contributed by atoms with E-state index in [-0.39, 0.29) is 12.5 Å². The van der Waals surface area contributed by atoms with Gasteiger partial charge in [0.2, 0.25) is 0 Å². The fourth-order valence-electron chi connectivity index (χ4n) is 2.21. The van der Waals surface area contributed by atoms with Crippen molar-refractivity contribution < 1.29 is 9.90 Å². The Hall–Kier alpha value is -0.570. The smallest absolute Gasteiger partial charge is 0.304 e. The fraction of sp³-hybridized carbons (Fsp3) is 0.909. The molecule has 1 fully saturated rings. The molecule has 1 aliphatic rings. The zero-order valence-electron chi connectivity index (χ0n) is 9.20. The molecule has 0 radical (unpaired) electrons. The van der Waals surface area contributed by atoms with Crippen LogP contribution in [0.5, 0.6) is 0 Å². The number of hydrogen-bond acceptors (Lipinski definition) is 2. The molecule has 1 heterocycles. The molecule has 0 aromatic carbocycles. The predicted octanol–water partition coefficient (Wildman–Crippen LogP) is 1.97. The van der Waals surface area contributed by atoms with Crippen LogP contribution < -0.4 is 0 Å². The van der Waals surface area contributed by atoms with Gasteiger partial charge in [-0.05, 0) is 32.2 Å². The van der Waals surface area contributed by atoms with Gasteiger partial charge in [-0.2, -0.15) is 0 Å². The summed E-state index contributed by atoms with van der Waals surface area (Å²) in [4.78, 5) is 12.9. The lowest BCUT2D eigenvalue weighted by Gasteiger charge is -2.36. The minimum absolute atomic E-state index is 0.196. The van der Waals surface area contributed by atoms with Gasteiger partial charge in [0.1, 0.15) is 0 Å². The zero-order chi connectivity index (χ0) is 10.6. The van der Waals surface area contributed by atoms with Crippen molar-refractivity contribution in [1.29, 1.82) is 0 Å². The van der Waals surface area contributed by atoms with Gasteiger partial charge in [0.25, 0.3) is 0 Å². The summed E-state index contributed by atoms with van der Waals surface area (Å²) in [5.41, 5.74) is 0. The van der Waals surface area contributed by atoms with E-state index in [0.29, 0.717) is 0 Å². The maximum Gasteiger partial charge on any atom is 0.304 e. The minimum Gasteiger partial charge on any atom is -0.481 e. The van der Waals surface area contributed by atoms with E-state index in [1.807, 2.05) is 6.92 Å². The molecule has 0 bridgehead atoms. The molecule has 0 aliphatic carbocycles. The second-order valence-electron chi connectivity index (χ2n) is 4.36. The molecule has 0 amide bonds. The first-order chi connectivity index (χ1) is 6.63. The monoisotopic (exact) mass is 199 g/mol. The molecule has 1 aliphatic heterocycles. The van der Waals surface area contributed by atoms with Crippen molar-refractivity contribution in [2.75, 3.05) is 13.1 Å². The van der Waals surface area contributed by atoms with Crippen LogP contribution in [-0.4, -0.2) is 35.1 Å². The van der Waals surface area contributed by atoms with E-state index in [1.54, 1.807) is 0 Å². The van der Waals surface area contributed by atoms with Crippen LogP contribution in [0.1, 0.15) is 39.5 Å². The van der Waals surface area contributed by atoms with Crippen molar-refractivity contribution in [1.82, 2.24) is 4.90 Å². The minimum atomic E-state index is -0.684. The van der Waals surface area contributed by atoms with Crippen LogP contribution in [0.15, 0.2) is 0 Å². The van der Waals surface area contributed by atoms with Gasteiger partial charge in [0.15, 0.2) is 0 Å². The first-order valence-corrected chi connectivity index (χ1v) is 5.59. The molecule has 82 valence electrons. The van der Waals surface area contributed by atoms with Gasteiger partial charge in [-0.1, -0.05) is 13.3 Å². The molecular formula is C11H21NO2. The third-order valence-electron chi connectivity index (χ3n) is 3.22. The summed E-state index contributed by atoms with van der Waals surface area (Å²) in [6, 6.07) is 0.196. The van der Waals surface area contributed by atoms with Crippen LogP contribution in [0.25, 0.3) is 0 Å². The van der Waals surface area contributed by atoms with Crippen molar-refractivity contribution in [2.24, 2.45) is 5.92 Å². The molecule has 1 N–H and O–H groups in total. The maximum atomic E-state index is 10.6. The predicted molar refractivity (Wildman–Crippen MR) is 56.3 cm³/mol. The van der Waals surface area contributed by atoms with Gasteiger partial charge in [-0.3, -0.25) is 9.69 Å². The summed E-state index contributed by atoms with van der Waals surface area (Å²) in [6.07, 6.45) is 4.03. The summed E-state index contributed by atoms with van der Waals surface area (Å²) in [5, 5.41) is 8.71. The quantitative estimate of drug-likeness (QED) is 0.752. The van der Waals surface area contributed by atoms with Gasteiger partial charge in [0.05, 0.1) is 6.42 Å². The highest BCUT2D eigenvalue weighted by Gasteiger charge is 2.23. The molecule has 3 heteroatoms. The lowest BCUT2D eigenvalue weighted by Crippen LogP contribution is -2.42. The average molecular weight is 199 g/mol. The number of rotatable bonds is 4. The normalized spacial score (nSPS) is 26.0. The Bertz CT molecular complexity index is 194. The lowest BCUT2D eigenvalue weighted by atomic mass is 9.94. The van der Waals surface area contributed by atoms with Crippen LogP contribution in [0.3, 0.4) is 0 Å². The third-order valence-corrected chi connectivity index (χ3v) is 3.22. The van der Waals surface area contributed by atoms with E-state index < -0.39 is 5.97 Å². The molecule has 0 spiro atoms. The Labute approximate surface area is 86.1 Å². The molecular weight excluding hydrogens is 178 g/mol. The molecule has 2 atom stereocenters.